The Balaban J connectivity index is 1.55. The minimum atomic E-state index is -0.808. The van der Waals surface area contributed by atoms with E-state index in [0.717, 1.165) is 23.2 Å². The Bertz CT molecular complexity index is 1010. The van der Waals surface area contributed by atoms with Crippen LogP contribution in [0.15, 0.2) is 33.9 Å². The maximum Gasteiger partial charge on any atom is 0.333 e. The molecule has 1 fully saturated rings. The van der Waals surface area contributed by atoms with Gasteiger partial charge in [0.1, 0.15) is 12.3 Å². The Hall–Kier alpha value is -3.14. The number of rotatable bonds is 6. The van der Waals surface area contributed by atoms with Crippen molar-refractivity contribution in [3.63, 3.8) is 0 Å². The van der Waals surface area contributed by atoms with E-state index in [9.17, 15) is 14.4 Å². The molecule has 4 rings (SSSR count). The molecule has 3 heterocycles. The average molecular weight is 401 g/mol. The lowest BCUT2D eigenvalue weighted by atomic mass is 10.2. The highest BCUT2D eigenvalue weighted by Gasteiger charge is 2.26. The van der Waals surface area contributed by atoms with Gasteiger partial charge in [-0.2, -0.15) is 0 Å². The fourth-order valence-electron chi connectivity index (χ4n) is 3.56. The van der Waals surface area contributed by atoms with Crippen molar-refractivity contribution >= 4 is 17.5 Å². The van der Waals surface area contributed by atoms with E-state index in [1.807, 2.05) is 29.2 Å². The molecule has 0 bridgehead atoms. The smallest absolute Gasteiger partial charge is 0.333 e. The molecular formula is C19H23N5O5. The summed E-state index contributed by atoms with van der Waals surface area (Å²) in [7, 11) is 1.59. The number of methoxy groups -OCH3 is 1. The molecule has 1 amide bonds. The van der Waals surface area contributed by atoms with E-state index >= 15 is 0 Å². The summed E-state index contributed by atoms with van der Waals surface area (Å²) in [6.45, 7) is 1.63. The number of anilines is 2. The second kappa shape index (κ2) is 8.08. The number of ether oxygens (including phenoxy) is 2. The molecule has 154 valence electrons. The molecule has 2 aliphatic rings. The molecule has 1 aromatic carbocycles. The molecule has 1 unspecified atom stereocenters. The van der Waals surface area contributed by atoms with Crippen LogP contribution >= 0.6 is 0 Å². The number of carbonyl (C=O) groups excluding carboxylic acids is 1. The standard InChI is InChI=1S/C19H23N5O5/c1-28-14-6-4-13(5-7-14)22-8-9-23-17(26)18(27)24(21-19(22)23)12-16(25)20-11-15-3-2-10-29-15/h4-7,15H,2-3,8-12H2,1H3,(H,20,25). The molecule has 0 saturated carbocycles. The predicted molar refractivity (Wildman–Crippen MR) is 105 cm³/mol. The maximum atomic E-state index is 12.5. The largest absolute Gasteiger partial charge is 0.497 e. The molecule has 1 saturated heterocycles. The molecular weight excluding hydrogens is 378 g/mol. The van der Waals surface area contributed by atoms with Gasteiger partial charge >= 0.3 is 11.1 Å². The van der Waals surface area contributed by atoms with Crippen LogP contribution in [-0.4, -0.2) is 53.2 Å². The van der Waals surface area contributed by atoms with Gasteiger partial charge < -0.3 is 19.7 Å². The highest BCUT2D eigenvalue weighted by atomic mass is 16.5. The van der Waals surface area contributed by atoms with Gasteiger partial charge in [-0.15, -0.1) is 5.10 Å². The summed E-state index contributed by atoms with van der Waals surface area (Å²) >= 11 is 0. The first kappa shape index (κ1) is 19.2. The lowest BCUT2D eigenvalue weighted by Gasteiger charge is -2.18. The van der Waals surface area contributed by atoms with Crippen LogP contribution < -0.4 is 26.1 Å². The number of benzene rings is 1. The van der Waals surface area contributed by atoms with Crippen molar-refractivity contribution in [1.82, 2.24) is 19.7 Å². The Morgan fingerprint density at radius 1 is 1.24 bits per heavy atom. The van der Waals surface area contributed by atoms with Crippen LogP contribution in [-0.2, 0) is 22.6 Å². The van der Waals surface area contributed by atoms with Crippen molar-refractivity contribution in [2.24, 2.45) is 0 Å². The Morgan fingerprint density at radius 2 is 2.03 bits per heavy atom. The van der Waals surface area contributed by atoms with Gasteiger partial charge in [0, 0.05) is 31.9 Å². The van der Waals surface area contributed by atoms with E-state index in [2.05, 4.69) is 10.4 Å². The molecule has 10 nitrogen and oxygen atoms in total. The molecule has 2 aliphatic heterocycles. The summed E-state index contributed by atoms with van der Waals surface area (Å²) in [6, 6.07) is 7.32. The van der Waals surface area contributed by atoms with E-state index in [4.69, 9.17) is 9.47 Å². The van der Waals surface area contributed by atoms with Gasteiger partial charge in [0.05, 0.1) is 13.2 Å². The zero-order valence-corrected chi connectivity index (χ0v) is 16.2. The van der Waals surface area contributed by atoms with E-state index in [0.29, 0.717) is 37.9 Å². The summed E-state index contributed by atoms with van der Waals surface area (Å²) < 4.78 is 12.9. The first-order valence-corrected chi connectivity index (χ1v) is 9.58. The number of aromatic nitrogens is 3. The molecule has 1 aromatic heterocycles. The number of hydrogen-bond acceptors (Lipinski definition) is 7. The van der Waals surface area contributed by atoms with E-state index in [1.54, 1.807) is 7.11 Å². The topological polar surface area (TPSA) is 108 Å². The SMILES string of the molecule is COc1ccc(N2CCn3c2nn(CC(=O)NCC2CCCO2)c(=O)c3=O)cc1. The monoisotopic (exact) mass is 401 g/mol. The number of amides is 1. The zero-order valence-electron chi connectivity index (χ0n) is 16.2. The summed E-state index contributed by atoms with van der Waals surface area (Å²) in [5.41, 5.74) is -0.674. The minimum absolute atomic E-state index is 0.000148. The van der Waals surface area contributed by atoms with Crippen molar-refractivity contribution in [3.05, 3.63) is 45.0 Å². The van der Waals surface area contributed by atoms with Gasteiger partial charge in [-0.05, 0) is 37.1 Å². The third kappa shape index (κ3) is 3.88. The molecule has 0 spiro atoms. The summed E-state index contributed by atoms with van der Waals surface area (Å²) in [6.07, 6.45) is 1.87. The molecule has 0 aliphatic carbocycles. The van der Waals surface area contributed by atoms with Gasteiger partial charge in [-0.25, -0.2) is 4.68 Å². The van der Waals surface area contributed by atoms with E-state index < -0.39 is 11.1 Å². The van der Waals surface area contributed by atoms with Crippen LogP contribution in [0, 0.1) is 0 Å². The van der Waals surface area contributed by atoms with Crippen LogP contribution in [0.1, 0.15) is 12.8 Å². The quantitative estimate of drug-likeness (QED) is 0.672. The molecule has 1 atom stereocenters. The second-order valence-electron chi connectivity index (χ2n) is 7.01. The molecule has 1 N–H and O–H groups in total. The van der Waals surface area contributed by atoms with Gasteiger partial charge in [-0.1, -0.05) is 0 Å². The minimum Gasteiger partial charge on any atom is -0.497 e. The Kier molecular flexibility index (Phi) is 5.34. The summed E-state index contributed by atoms with van der Waals surface area (Å²) in [5, 5.41) is 7.05. The van der Waals surface area contributed by atoms with Gasteiger partial charge in [-0.3, -0.25) is 19.0 Å². The fraction of sp³-hybridized carbons (Fsp3) is 0.474. The molecule has 10 heteroatoms. The van der Waals surface area contributed by atoms with Crippen molar-refractivity contribution in [2.45, 2.75) is 32.0 Å². The van der Waals surface area contributed by atoms with E-state index in [1.165, 1.54) is 4.57 Å². The zero-order chi connectivity index (χ0) is 20.4. The van der Waals surface area contributed by atoms with Crippen LogP contribution in [0.25, 0.3) is 0 Å². The van der Waals surface area contributed by atoms with Crippen molar-refractivity contribution < 1.29 is 14.3 Å². The normalized spacial score (nSPS) is 18.0. The Morgan fingerprint density at radius 3 is 2.72 bits per heavy atom. The average Bonchev–Trinajstić information content (AvgIpc) is 3.40. The fourth-order valence-corrected chi connectivity index (χ4v) is 3.56. The van der Waals surface area contributed by atoms with Crippen molar-refractivity contribution in [2.75, 3.05) is 31.7 Å². The van der Waals surface area contributed by atoms with E-state index in [-0.39, 0.29) is 18.6 Å². The third-order valence-corrected chi connectivity index (χ3v) is 5.13. The number of nitrogens with zero attached hydrogens (tertiary/aromatic N) is 4. The number of fused-ring (bicyclic) bond motifs is 1. The lowest BCUT2D eigenvalue weighted by Crippen LogP contribution is -2.45. The summed E-state index contributed by atoms with van der Waals surface area (Å²) in [5.74, 6) is 0.673. The number of hydrogen-bond donors (Lipinski definition) is 1. The first-order valence-electron chi connectivity index (χ1n) is 9.58. The summed E-state index contributed by atoms with van der Waals surface area (Å²) in [4.78, 5) is 39.0. The molecule has 0 radical (unpaired) electrons. The lowest BCUT2D eigenvalue weighted by molar-refractivity contribution is -0.122. The van der Waals surface area contributed by atoms with Gasteiger partial charge in [0.25, 0.3) is 0 Å². The third-order valence-electron chi connectivity index (χ3n) is 5.13. The highest BCUT2D eigenvalue weighted by Crippen LogP contribution is 2.27. The first-order chi connectivity index (χ1) is 14.1. The molecule has 29 heavy (non-hydrogen) atoms. The van der Waals surface area contributed by atoms with Crippen LogP contribution in [0.3, 0.4) is 0 Å². The van der Waals surface area contributed by atoms with Gasteiger partial charge in [0.15, 0.2) is 0 Å². The van der Waals surface area contributed by atoms with Crippen LogP contribution in [0.4, 0.5) is 11.6 Å². The van der Waals surface area contributed by atoms with Crippen molar-refractivity contribution in [1.29, 1.82) is 0 Å². The van der Waals surface area contributed by atoms with Gasteiger partial charge in [0.2, 0.25) is 11.9 Å². The van der Waals surface area contributed by atoms with Crippen LogP contribution in [0.2, 0.25) is 0 Å². The van der Waals surface area contributed by atoms with Crippen LogP contribution in [0.5, 0.6) is 5.75 Å². The second-order valence-corrected chi connectivity index (χ2v) is 7.01. The number of nitrogens with one attached hydrogen (secondary N) is 1. The van der Waals surface area contributed by atoms with Crippen molar-refractivity contribution in [3.8, 4) is 5.75 Å². The predicted octanol–water partition coefficient (Wildman–Crippen LogP) is -0.139. The molecule has 2 aromatic rings. The highest BCUT2D eigenvalue weighted by molar-refractivity contribution is 5.75. The maximum absolute atomic E-state index is 12.5. The number of carbonyl (C=O) groups is 1. The Labute approximate surface area is 166 Å².